The van der Waals surface area contributed by atoms with Crippen molar-refractivity contribution in [1.82, 2.24) is 9.80 Å². The summed E-state index contributed by atoms with van der Waals surface area (Å²) < 4.78 is 25.0. The Morgan fingerprint density at radius 2 is 2.08 bits per heavy atom. The first kappa shape index (κ1) is 9.34. The molecule has 0 aromatic heterocycles. The van der Waals surface area contributed by atoms with Crippen molar-refractivity contribution in [2.75, 3.05) is 39.8 Å². The van der Waals surface area contributed by atoms with Gasteiger partial charge in [-0.3, -0.25) is 4.90 Å². The minimum absolute atomic E-state index is 0.0206. The quantitative estimate of drug-likeness (QED) is 0.638. The summed E-state index contributed by atoms with van der Waals surface area (Å²) in [5.74, 6) is -1.79. The summed E-state index contributed by atoms with van der Waals surface area (Å²) in [6, 6.07) is 0. The third-order valence-corrected chi connectivity index (χ3v) is 2.92. The molecule has 0 N–H and O–H groups in total. The van der Waals surface area contributed by atoms with Crippen LogP contribution in [0.5, 0.6) is 0 Å². The van der Waals surface area contributed by atoms with Crippen molar-refractivity contribution in [3.8, 4) is 0 Å². The van der Waals surface area contributed by atoms with Crippen molar-refractivity contribution in [3.05, 3.63) is 0 Å². The summed E-state index contributed by atoms with van der Waals surface area (Å²) in [4.78, 5) is 4.13. The van der Waals surface area contributed by atoms with Gasteiger partial charge < -0.3 is 4.90 Å². The van der Waals surface area contributed by atoms with Crippen molar-refractivity contribution in [3.63, 3.8) is 0 Å². The summed E-state index contributed by atoms with van der Waals surface area (Å²) in [6.07, 6.45) is 1.17. The van der Waals surface area contributed by atoms with Crippen molar-refractivity contribution in [1.29, 1.82) is 0 Å². The minimum atomic E-state index is -2.40. The van der Waals surface area contributed by atoms with Crippen LogP contribution in [0.2, 0.25) is 0 Å². The van der Waals surface area contributed by atoms with Crippen molar-refractivity contribution >= 4 is 0 Å². The second-order valence-corrected chi connectivity index (χ2v) is 4.44. The lowest BCUT2D eigenvalue weighted by molar-refractivity contribution is -0.133. The molecule has 0 saturated carbocycles. The average Bonchev–Trinajstić information content (AvgIpc) is 2.31. The number of halogens is 2. The standard InChI is InChI=1S/C9H16F2N2/c1-12-3-2-8(4-12)5-13-6-9(10,11)7-13/h8H,2-7H2,1H3. The SMILES string of the molecule is CN1CCC(CN2CC(F)(F)C2)C1. The van der Waals surface area contributed by atoms with Crippen LogP contribution in [0.4, 0.5) is 8.78 Å². The molecule has 0 aliphatic carbocycles. The highest BCUT2D eigenvalue weighted by Gasteiger charge is 2.44. The van der Waals surface area contributed by atoms with Crippen LogP contribution < -0.4 is 0 Å². The lowest BCUT2D eigenvalue weighted by Gasteiger charge is -2.40. The Balaban J connectivity index is 1.69. The van der Waals surface area contributed by atoms with E-state index in [9.17, 15) is 8.78 Å². The van der Waals surface area contributed by atoms with Gasteiger partial charge in [0.15, 0.2) is 0 Å². The van der Waals surface area contributed by atoms with Gasteiger partial charge in [0, 0.05) is 13.1 Å². The molecule has 13 heavy (non-hydrogen) atoms. The Bertz CT molecular complexity index is 188. The van der Waals surface area contributed by atoms with Gasteiger partial charge in [0.2, 0.25) is 0 Å². The third-order valence-electron chi connectivity index (χ3n) is 2.92. The van der Waals surface area contributed by atoms with Crippen molar-refractivity contribution in [2.45, 2.75) is 12.3 Å². The zero-order valence-corrected chi connectivity index (χ0v) is 7.97. The highest BCUT2D eigenvalue weighted by atomic mass is 19.3. The van der Waals surface area contributed by atoms with Crippen LogP contribution in [-0.4, -0.2) is 55.5 Å². The van der Waals surface area contributed by atoms with Crippen LogP contribution in [0.15, 0.2) is 0 Å². The van der Waals surface area contributed by atoms with E-state index < -0.39 is 5.92 Å². The van der Waals surface area contributed by atoms with Gasteiger partial charge in [-0.05, 0) is 25.9 Å². The number of rotatable bonds is 2. The molecule has 2 aliphatic rings. The maximum absolute atomic E-state index is 12.5. The molecule has 0 aromatic carbocycles. The Morgan fingerprint density at radius 1 is 1.38 bits per heavy atom. The van der Waals surface area contributed by atoms with E-state index in [1.54, 1.807) is 0 Å². The first-order valence-electron chi connectivity index (χ1n) is 4.84. The van der Waals surface area contributed by atoms with Gasteiger partial charge in [0.1, 0.15) is 0 Å². The van der Waals surface area contributed by atoms with Gasteiger partial charge in [-0.15, -0.1) is 0 Å². The molecule has 2 rings (SSSR count). The smallest absolute Gasteiger partial charge is 0.272 e. The predicted octanol–water partition coefficient (Wildman–Crippen LogP) is 0.889. The van der Waals surface area contributed by atoms with Crippen molar-refractivity contribution < 1.29 is 8.78 Å². The highest BCUT2D eigenvalue weighted by molar-refractivity contribution is 4.89. The molecule has 2 heterocycles. The second kappa shape index (κ2) is 3.17. The topological polar surface area (TPSA) is 6.48 Å². The highest BCUT2D eigenvalue weighted by Crippen LogP contribution is 2.28. The molecule has 0 spiro atoms. The van der Waals surface area contributed by atoms with Gasteiger partial charge in [0.05, 0.1) is 13.1 Å². The van der Waals surface area contributed by atoms with E-state index in [4.69, 9.17) is 0 Å². The fourth-order valence-electron chi connectivity index (χ4n) is 2.28. The molecule has 1 atom stereocenters. The summed E-state index contributed by atoms with van der Waals surface area (Å²) >= 11 is 0. The molecule has 2 aliphatic heterocycles. The monoisotopic (exact) mass is 190 g/mol. The van der Waals surface area contributed by atoms with Gasteiger partial charge in [-0.1, -0.05) is 0 Å². The van der Waals surface area contributed by atoms with Crippen LogP contribution in [0.1, 0.15) is 6.42 Å². The van der Waals surface area contributed by atoms with Crippen LogP contribution in [0.3, 0.4) is 0 Å². The molecule has 2 fully saturated rings. The van der Waals surface area contributed by atoms with E-state index in [-0.39, 0.29) is 13.1 Å². The van der Waals surface area contributed by atoms with E-state index in [2.05, 4.69) is 11.9 Å². The molecule has 0 bridgehead atoms. The molecule has 0 radical (unpaired) electrons. The zero-order chi connectivity index (χ0) is 9.47. The summed E-state index contributed by atoms with van der Waals surface area (Å²) in [5.41, 5.74) is 0. The Morgan fingerprint density at radius 3 is 2.54 bits per heavy atom. The zero-order valence-electron chi connectivity index (χ0n) is 7.97. The molecule has 0 aromatic rings. The van der Waals surface area contributed by atoms with Gasteiger partial charge >= 0.3 is 0 Å². The molecule has 2 saturated heterocycles. The Labute approximate surface area is 77.5 Å². The first-order valence-corrected chi connectivity index (χ1v) is 4.84. The lowest BCUT2D eigenvalue weighted by atomic mass is 10.0. The number of alkyl halides is 2. The fraction of sp³-hybridized carbons (Fsp3) is 1.00. The van der Waals surface area contributed by atoms with Gasteiger partial charge in [0.25, 0.3) is 5.92 Å². The Hall–Kier alpha value is -0.220. The van der Waals surface area contributed by atoms with E-state index in [1.165, 1.54) is 6.42 Å². The second-order valence-electron chi connectivity index (χ2n) is 4.44. The maximum atomic E-state index is 12.5. The molecular formula is C9H16F2N2. The minimum Gasteiger partial charge on any atom is -0.306 e. The molecule has 0 amide bonds. The van der Waals surface area contributed by atoms with Crippen LogP contribution >= 0.6 is 0 Å². The normalized spacial score (nSPS) is 34.8. The van der Waals surface area contributed by atoms with Crippen LogP contribution in [0.25, 0.3) is 0 Å². The number of hydrogen-bond donors (Lipinski definition) is 0. The van der Waals surface area contributed by atoms with E-state index >= 15 is 0 Å². The average molecular weight is 190 g/mol. The third kappa shape index (κ3) is 2.17. The van der Waals surface area contributed by atoms with E-state index in [1.807, 2.05) is 4.90 Å². The molecule has 76 valence electrons. The summed E-state index contributed by atoms with van der Waals surface area (Å²) in [6.45, 7) is 3.01. The fourth-order valence-corrected chi connectivity index (χ4v) is 2.28. The summed E-state index contributed by atoms with van der Waals surface area (Å²) in [7, 11) is 2.09. The van der Waals surface area contributed by atoms with Crippen molar-refractivity contribution in [2.24, 2.45) is 5.92 Å². The molecule has 2 nitrogen and oxygen atoms in total. The predicted molar refractivity (Wildman–Crippen MR) is 47.0 cm³/mol. The maximum Gasteiger partial charge on any atom is 0.272 e. The molecular weight excluding hydrogens is 174 g/mol. The van der Waals surface area contributed by atoms with Crippen LogP contribution in [0, 0.1) is 5.92 Å². The molecule has 4 heteroatoms. The van der Waals surface area contributed by atoms with Gasteiger partial charge in [-0.2, -0.15) is 0 Å². The lowest BCUT2D eigenvalue weighted by Crippen LogP contribution is -2.57. The Kier molecular flexibility index (Phi) is 2.28. The molecule has 1 unspecified atom stereocenters. The largest absolute Gasteiger partial charge is 0.306 e. The number of nitrogens with zero attached hydrogens (tertiary/aromatic N) is 2. The number of hydrogen-bond acceptors (Lipinski definition) is 2. The van der Waals surface area contributed by atoms with E-state index in [0.717, 1.165) is 19.6 Å². The number of likely N-dealkylation sites (tertiary alicyclic amines) is 2. The van der Waals surface area contributed by atoms with Crippen LogP contribution in [-0.2, 0) is 0 Å². The summed E-state index contributed by atoms with van der Waals surface area (Å²) in [5, 5.41) is 0. The first-order chi connectivity index (χ1) is 6.05. The van der Waals surface area contributed by atoms with Gasteiger partial charge in [-0.25, -0.2) is 8.78 Å². The van der Waals surface area contributed by atoms with E-state index in [0.29, 0.717) is 5.92 Å².